The van der Waals surface area contributed by atoms with E-state index in [0.717, 1.165) is 35.6 Å². The van der Waals surface area contributed by atoms with Crippen LogP contribution in [0.4, 0.5) is 24.8 Å². The molecule has 0 bridgehead atoms. The minimum atomic E-state index is -4.40. The van der Waals surface area contributed by atoms with Crippen LogP contribution in [0.1, 0.15) is 28.8 Å². The quantitative estimate of drug-likeness (QED) is 0.623. The van der Waals surface area contributed by atoms with Gasteiger partial charge in [-0.1, -0.05) is 12.1 Å². The topological polar surface area (TPSA) is 74.2 Å². The number of nitrogens with zero attached hydrogens (tertiary/aromatic N) is 5. The van der Waals surface area contributed by atoms with E-state index in [1.165, 1.54) is 13.0 Å². The molecule has 1 aromatic carbocycles. The van der Waals surface area contributed by atoms with E-state index in [4.69, 9.17) is 0 Å². The first-order valence-electron chi connectivity index (χ1n) is 11.1. The Hall–Kier alpha value is -3.43. The summed E-state index contributed by atoms with van der Waals surface area (Å²) in [5.41, 5.74) is 0.471. The summed E-state index contributed by atoms with van der Waals surface area (Å²) < 4.78 is 39.8. The summed E-state index contributed by atoms with van der Waals surface area (Å²) in [5, 5.41) is 13.2. The van der Waals surface area contributed by atoms with Crippen LogP contribution in [-0.4, -0.2) is 52.7 Å². The number of benzene rings is 1. The van der Waals surface area contributed by atoms with Crippen molar-refractivity contribution in [2.45, 2.75) is 33.0 Å². The van der Waals surface area contributed by atoms with E-state index in [0.29, 0.717) is 30.2 Å². The molecule has 34 heavy (non-hydrogen) atoms. The molecule has 0 aliphatic carbocycles. The first-order chi connectivity index (χ1) is 16.1. The fraction of sp³-hybridized carbons (Fsp3) is 0.417. The predicted molar refractivity (Wildman–Crippen MR) is 122 cm³/mol. The van der Waals surface area contributed by atoms with E-state index in [2.05, 4.69) is 25.4 Å². The van der Waals surface area contributed by atoms with Gasteiger partial charge in [-0.2, -0.15) is 18.3 Å². The number of nitrogens with one attached hydrogen (secondary N) is 1. The second-order valence-electron chi connectivity index (χ2n) is 9.28. The van der Waals surface area contributed by atoms with Crippen LogP contribution in [0.25, 0.3) is 10.8 Å². The number of hydrogen-bond donors (Lipinski definition) is 1. The number of anilines is 2. The summed E-state index contributed by atoms with van der Waals surface area (Å²) in [6.07, 6.45) is -1.82. The van der Waals surface area contributed by atoms with Gasteiger partial charge >= 0.3 is 6.18 Å². The molecule has 0 radical (unpaired) electrons. The molecule has 1 N–H and O–H groups in total. The largest absolute Gasteiger partial charge is 0.416 e. The van der Waals surface area contributed by atoms with Crippen LogP contribution in [-0.2, 0) is 17.5 Å². The van der Waals surface area contributed by atoms with Crippen molar-refractivity contribution in [3.05, 3.63) is 52.8 Å². The number of carbonyl (C=O) groups excluding carboxylic acids is 1. The van der Waals surface area contributed by atoms with Gasteiger partial charge in [0.1, 0.15) is 5.82 Å². The van der Waals surface area contributed by atoms with E-state index < -0.39 is 11.7 Å². The molecular formula is C24H25F3N6O. The molecule has 2 aromatic heterocycles. The van der Waals surface area contributed by atoms with Gasteiger partial charge in [0, 0.05) is 50.2 Å². The summed E-state index contributed by atoms with van der Waals surface area (Å²) in [5.74, 6) is 1.41. The van der Waals surface area contributed by atoms with Crippen molar-refractivity contribution in [1.82, 2.24) is 20.1 Å². The van der Waals surface area contributed by atoms with Crippen molar-refractivity contribution < 1.29 is 18.0 Å². The lowest BCUT2D eigenvalue weighted by molar-refractivity contribution is -0.138. The van der Waals surface area contributed by atoms with Crippen molar-refractivity contribution in [2.75, 3.05) is 36.9 Å². The lowest BCUT2D eigenvalue weighted by Gasteiger charge is -2.47. The maximum absolute atomic E-state index is 13.3. The maximum Gasteiger partial charge on any atom is 0.416 e. The fourth-order valence-electron chi connectivity index (χ4n) is 4.96. The number of aryl methyl sites for hydroxylation is 1. The standard InChI is InChI=1S/C24H25F3N6O/c1-14-16(5-4-6-19(14)24(25,26)27)10-29-21-17-9-20(28-11-18(17)15(2)30-31-21)33-12-23(13-33)7-8-32(3)22(23)34/h4-6,9,11H,7-8,10,12-13H2,1-3H3,(H,29,31). The summed E-state index contributed by atoms with van der Waals surface area (Å²) in [6.45, 7) is 5.51. The van der Waals surface area contributed by atoms with Crippen molar-refractivity contribution >= 4 is 28.3 Å². The average Bonchev–Trinajstić information content (AvgIpc) is 3.07. The van der Waals surface area contributed by atoms with E-state index >= 15 is 0 Å². The molecule has 7 nitrogen and oxygen atoms in total. The lowest BCUT2D eigenvalue weighted by atomic mass is 9.78. The normalized spacial score (nSPS) is 17.5. The number of aromatic nitrogens is 3. The van der Waals surface area contributed by atoms with Gasteiger partial charge in [0.05, 0.1) is 16.7 Å². The van der Waals surface area contributed by atoms with Crippen molar-refractivity contribution in [3.8, 4) is 0 Å². The molecular weight excluding hydrogens is 445 g/mol. The number of alkyl halides is 3. The van der Waals surface area contributed by atoms with Crippen LogP contribution in [0, 0.1) is 19.3 Å². The zero-order valence-corrected chi connectivity index (χ0v) is 19.2. The second kappa shape index (κ2) is 7.82. The maximum atomic E-state index is 13.3. The van der Waals surface area contributed by atoms with Gasteiger partial charge in [0.2, 0.25) is 5.91 Å². The summed E-state index contributed by atoms with van der Waals surface area (Å²) in [7, 11) is 1.83. The third kappa shape index (κ3) is 3.61. The van der Waals surface area contributed by atoms with Crippen molar-refractivity contribution in [3.63, 3.8) is 0 Å². The monoisotopic (exact) mass is 470 g/mol. The number of rotatable bonds is 4. The Balaban J connectivity index is 1.41. The third-order valence-electron chi connectivity index (χ3n) is 7.07. The molecule has 1 spiro atoms. The van der Waals surface area contributed by atoms with Crippen LogP contribution in [0.5, 0.6) is 0 Å². The Labute approximate surface area is 195 Å². The molecule has 0 saturated carbocycles. The Morgan fingerprint density at radius 1 is 1.15 bits per heavy atom. The van der Waals surface area contributed by atoms with Crippen LogP contribution < -0.4 is 10.2 Å². The van der Waals surface area contributed by atoms with Crippen LogP contribution >= 0.6 is 0 Å². The van der Waals surface area contributed by atoms with E-state index in [1.54, 1.807) is 17.2 Å². The zero-order chi connectivity index (χ0) is 24.3. The molecule has 5 rings (SSSR count). The van der Waals surface area contributed by atoms with Crippen LogP contribution in [0.3, 0.4) is 0 Å². The van der Waals surface area contributed by atoms with E-state index in [-0.39, 0.29) is 23.4 Å². The molecule has 0 atom stereocenters. The Kier molecular flexibility index (Phi) is 5.14. The molecule has 2 saturated heterocycles. The van der Waals surface area contributed by atoms with Gasteiger partial charge in [-0.15, -0.1) is 5.10 Å². The van der Waals surface area contributed by atoms with Gasteiger partial charge in [0.15, 0.2) is 5.82 Å². The highest BCUT2D eigenvalue weighted by Crippen LogP contribution is 2.42. The molecule has 2 fully saturated rings. The minimum Gasteiger partial charge on any atom is -0.364 e. The number of fused-ring (bicyclic) bond motifs is 1. The average molecular weight is 470 g/mol. The number of pyridine rings is 1. The number of hydrogen-bond acceptors (Lipinski definition) is 6. The lowest BCUT2D eigenvalue weighted by Crippen LogP contribution is -2.60. The minimum absolute atomic E-state index is 0.175. The second-order valence-corrected chi connectivity index (χ2v) is 9.28. The molecule has 3 aromatic rings. The van der Waals surface area contributed by atoms with Crippen molar-refractivity contribution in [1.29, 1.82) is 0 Å². The smallest absolute Gasteiger partial charge is 0.364 e. The van der Waals surface area contributed by atoms with Crippen molar-refractivity contribution in [2.24, 2.45) is 5.41 Å². The van der Waals surface area contributed by atoms with Crippen LogP contribution in [0.15, 0.2) is 30.5 Å². The van der Waals surface area contributed by atoms with E-state index in [9.17, 15) is 18.0 Å². The highest BCUT2D eigenvalue weighted by Gasteiger charge is 2.54. The van der Waals surface area contributed by atoms with Gasteiger partial charge in [-0.3, -0.25) is 4.79 Å². The third-order valence-corrected chi connectivity index (χ3v) is 7.07. The SMILES string of the molecule is Cc1c(CNc2nnc(C)c3cnc(N4CC5(CCN(C)C5=O)C4)cc23)cccc1C(F)(F)F. The molecule has 4 heterocycles. The number of halogens is 3. The van der Waals surface area contributed by atoms with Gasteiger partial charge < -0.3 is 15.1 Å². The molecule has 178 valence electrons. The molecule has 2 aliphatic heterocycles. The van der Waals surface area contributed by atoms with Crippen LogP contribution in [0.2, 0.25) is 0 Å². The number of likely N-dealkylation sites (tertiary alicyclic amines) is 1. The van der Waals surface area contributed by atoms with Gasteiger partial charge in [-0.05, 0) is 43.5 Å². The number of carbonyl (C=O) groups is 1. The molecule has 1 amide bonds. The Morgan fingerprint density at radius 2 is 1.91 bits per heavy atom. The molecule has 10 heteroatoms. The molecule has 0 unspecified atom stereocenters. The summed E-state index contributed by atoms with van der Waals surface area (Å²) in [4.78, 5) is 20.9. The first-order valence-corrected chi connectivity index (χ1v) is 11.1. The zero-order valence-electron chi connectivity index (χ0n) is 19.2. The predicted octanol–water partition coefficient (Wildman–Crippen LogP) is 3.94. The first kappa shape index (κ1) is 22.4. The number of amides is 1. The fourth-order valence-corrected chi connectivity index (χ4v) is 4.96. The summed E-state index contributed by atoms with van der Waals surface area (Å²) >= 11 is 0. The molecule has 2 aliphatic rings. The highest BCUT2D eigenvalue weighted by molar-refractivity contribution is 5.94. The Bertz CT molecular complexity index is 1290. The van der Waals surface area contributed by atoms with Gasteiger partial charge in [-0.25, -0.2) is 4.98 Å². The van der Waals surface area contributed by atoms with E-state index in [1.807, 2.05) is 20.0 Å². The van der Waals surface area contributed by atoms with Gasteiger partial charge in [0.25, 0.3) is 0 Å². The summed E-state index contributed by atoms with van der Waals surface area (Å²) in [6, 6.07) is 6.08. The highest BCUT2D eigenvalue weighted by atomic mass is 19.4. The Morgan fingerprint density at radius 3 is 2.59 bits per heavy atom.